The predicted molar refractivity (Wildman–Crippen MR) is 63.6 cm³/mol. The normalized spacial score (nSPS) is 28.0. The summed E-state index contributed by atoms with van der Waals surface area (Å²) in [7, 11) is 0. The molecule has 82 valence electrons. The first-order valence-corrected chi connectivity index (χ1v) is 6.13. The van der Waals surface area contributed by atoms with Gasteiger partial charge in [0.15, 0.2) is 0 Å². The van der Waals surface area contributed by atoms with Crippen LogP contribution in [-0.4, -0.2) is 22.8 Å². The van der Waals surface area contributed by atoms with Crippen LogP contribution in [0.25, 0.3) is 10.9 Å². The lowest BCUT2D eigenvalue weighted by Gasteiger charge is -2.36. The number of nitrogens with zero attached hydrogens (tertiary/aromatic N) is 1. The van der Waals surface area contributed by atoms with Gasteiger partial charge in [-0.15, -0.1) is 0 Å². The molecule has 16 heavy (non-hydrogen) atoms. The van der Waals surface area contributed by atoms with Crippen molar-refractivity contribution >= 4 is 10.9 Å². The van der Waals surface area contributed by atoms with Gasteiger partial charge < -0.3 is 5.32 Å². The molecule has 0 amide bonds. The molecule has 4 rings (SSSR count). The Labute approximate surface area is 94.2 Å². The van der Waals surface area contributed by atoms with Gasteiger partial charge in [-0.25, -0.2) is 0 Å². The molecule has 2 N–H and O–H groups in total. The summed E-state index contributed by atoms with van der Waals surface area (Å²) < 4.78 is 0. The van der Waals surface area contributed by atoms with Crippen molar-refractivity contribution in [2.45, 2.75) is 31.2 Å². The Morgan fingerprint density at radius 2 is 2.31 bits per heavy atom. The van der Waals surface area contributed by atoms with E-state index in [1.807, 2.05) is 0 Å². The van der Waals surface area contributed by atoms with E-state index >= 15 is 0 Å². The van der Waals surface area contributed by atoms with Crippen LogP contribution in [0.5, 0.6) is 0 Å². The average molecular weight is 213 g/mol. The Bertz CT molecular complexity index is 543. The number of rotatable bonds is 0. The zero-order chi connectivity index (χ0) is 10.5. The molecular weight excluding hydrogens is 198 g/mol. The summed E-state index contributed by atoms with van der Waals surface area (Å²) in [6.07, 6.45) is 3.70. The second-order valence-corrected chi connectivity index (χ2v) is 4.95. The highest BCUT2D eigenvalue weighted by atomic mass is 15.1. The number of benzene rings is 1. The number of aromatic amines is 1. The minimum absolute atomic E-state index is 0.607. The molecule has 0 saturated carbocycles. The van der Waals surface area contributed by atoms with Crippen molar-refractivity contribution in [3.05, 3.63) is 29.5 Å². The van der Waals surface area contributed by atoms with Crippen molar-refractivity contribution in [2.24, 2.45) is 0 Å². The van der Waals surface area contributed by atoms with Crippen LogP contribution < -0.4 is 5.32 Å². The molecule has 2 aromatic rings. The first-order valence-electron chi connectivity index (χ1n) is 6.13. The molecule has 1 saturated heterocycles. The fourth-order valence-electron chi connectivity index (χ4n) is 3.37. The van der Waals surface area contributed by atoms with Crippen LogP contribution in [0.4, 0.5) is 0 Å². The molecular formula is C13H15N3. The Balaban J connectivity index is 1.98. The lowest BCUT2D eigenvalue weighted by Crippen LogP contribution is -2.43. The third-order valence-corrected chi connectivity index (χ3v) is 4.09. The number of nitrogens with one attached hydrogen (secondary N) is 2. The van der Waals surface area contributed by atoms with Gasteiger partial charge >= 0.3 is 0 Å². The van der Waals surface area contributed by atoms with Crippen LogP contribution in [-0.2, 0) is 6.42 Å². The maximum atomic E-state index is 4.45. The number of fused-ring (bicyclic) bond motifs is 2. The van der Waals surface area contributed by atoms with Crippen LogP contribution in [0.15, 0.2) is 18.2 Å². The van der Waals surface area contributed by atoms with Gasteiger partial charge in [0.1, 0.15) is 0 Å². The summed E-state index contributed by atoms with van der Waals surface area (Å²) in [5.41, 5.74) is 3.96. The van der Waals surface area contributed by atoms with Crippen LogP contribution in [0.2, 0.25) is 0 Å². The molecule has 1 aromatic carbocycles. The lowest BCUT2D eigenvalue weighted by atomic mass is 9.77. The summed E-state index contributed by atoms with van der Waals surface area (Å²) in [4.78, 5) is 0. The summed E-state index contributed by atoms with van der Waals surface area (Å²) in [6.45, 7) is 1.16. The topological polar surface area (TPSA) is 40.7 Å². The van der Waals surface area contributed by atoms with E-state index in [4.69, 9.17) is 0 Å². The lowest BCUT2D eigenvalue weighted by molar-refractivity contribution is 0.343. The standard InChI is InChI=1S/C13H15N3/c1-3-9-8-4-2-6-14-11(8)7-12-13(9)10(5-1)15-16-12/h1,3,5,8,11,14H,2,4,6-7H2,(H,15,16)/t8?,11-/m1/s1. The smallest absolute Gasteiger partial charge is 0.0719 e. The van der Waals surface area contributed by atoms with Gasteiger partial charge in [-0.2, -0.15) is 5.10 Å². The predicted octanol–water partition coefficient (Wildman–Crippen LogP) is 1.95. The highest BCUT2D eigenvalue weighted by molar-refractivity contribution is 5.86. The molecule has 1 unspecified atom stereocenters. The average Bonchev–Trinajstić information content (AvgIpc) is 2.75. The van der Waals surface area contributed by atoms with E-state index < -0.39 is 0 Å². The van der Waals surface area contributed by atoms with Crippen molar-refractivity contribution < 1.29 is 0 Å². The Hall–Kier alpha value is -1.35. The molecule has 1 fully saturated rings. The maximum Gasteiger partial charge on any atom is 0.0719 e. The molecule has 0 radical (unpaired) electrons. The molecule has 1 aromatic heterocycles. The summed E-state index contributed by atoms with van der Waals surface area (Å²) in [5.74, 6) is 0.697. The SMILES string of the molecule is c1cc2c3c(n[nH]c3c1)C[C@H]1NCCCC21. The first-order chi connectivity index (χ1) is 7.93. The summed E-state index contributed by atoms with van der Waals surface area (Å²) >= 11 is 0. The molecule has 2 atom stereocenters. The van der Waals surface area contributed by atoms with E-state index in [0.29, 0.717) is 12.0 Å². The number of hydrogen-bond acceptors (Lipinski definition) is 2. The van der Waals surface area contributed by atoms with E-state index in [2.05, 4.69) is 33.7 Å². The molecule has 0 spiro atoms. The van der Waals surface area contributed by atoms with Gasteiger partial charge in [0.25, 0.3) is 0 Å². The second kappa shape index (κ2) is 3.08. The van der Waals surface area contributed by atoms with Gasteiger partial charge in [0.05, 0.1) is 11.2 Å². The molecule has 0 bridgehead atoms. The minimum atomic E-state index is 0.607. The number of H-pyrrole nitrogens is 1. The van der Waals surface area contributed by atoms with Gasteiger partial charge in [0, 0.05) is 23.8 Å². The number of aromatic nitrogens is 2. The third kappa shape index (κ3) is 1.04. The van der Waals surface area contributed by atoms with E-state index in [1.54, 1.807) is 0 Å². The number of piperidine rings is 1. The highest BCUT2D eigenvalue weighted by Crippen LogP contribution is 2.39. The van der Waals surface area contributed by atoms with Crippen molar-refractivity contribution in [1.82, 2.24) is 15.5 Å². The zero-order valence-corrected chi connectivity index (χ0v) is 9.16. The first kappa shape index (κ1) is 8.76. The van der Waals surface area contributed by atoms with Gasteiger partial charge in [-0.05, 0) is 31.0 Å². The van der Waals surface area contributed by atoms with Crippen LogP contribution in [0.1, 0.15) is 30.0 Å². The van der Waals surface area contributed by atoms with Crippen molar-refractivity contribution in [1.29, 1.82) is 0 Å². The Morgan fingerprint density at radius 3 is 3.31 bits per heavy atom. The van der Waals surface area contributed by atoms with E-state index in [9.17, 15) is 0 Å². The number of hydrogen-bond donors (Lipinski definition) is 2. The van der Waals surface area contributed by atoms with Gasteiger partial charge in [-0.3, -0.25) is 5.10 Å². The molecule has 3 nitrogen and oxygen atoms in total. The van der Waals surface area contributed by atoms with Crippen LogP contribution in [0.3, 0.4) is 0 Å². The van der Waals surface area contributed by atoms with Crippen molar-refractivity contribution in [3.8, 4) is 0 Å². The van der Waals surface area contributed by atoms with E-state index in [0.717, 1.165) is 13.0 Å². The van der Waals surface area contributed by atoms with Crippen LogP contribution in [0, 0.1) is 0 Å². The van der Waals surface area contributed by atoms with Crippen molar-refractivity contribution in [3.63, 3.8) is 0 Å². The van der Waals surface area contributed by atoms with Crippen molar-refractivity contribution in [2.75, 3.05) is 6.54 Å². The molecule has 1 aliphatic heterocycles. The van der Waals surface area contributed by atoms with Crippen LogP contribution >= 0.6 is 0 Å². The quantitative estimate of drug-likeness (QED) is 0.702. The second-order valence-electron chi connectivity index (χ2n) is 4.95. The van der Waals surface area contributed by atoms with E-state index in [-0.39, 0.29) is 0 Å². The summed E-state index contributed by atoms with van der Waals surface area (Å²) in [6, 6.07) is 7.17. The molecule has 2 heterocycles. The third-order valence-electron chi connectivity index (χ3n) is 4.09. The fourth-order valence-corrected chi connectivity index (χ4v) is 3.37. The molecule has 1 aliphatic carbocycles. The Morgan fingerprint density at radius 1 is 1.31 bits per heavy atom. The zero-order valence-electron chi connectivity index (χ0n) is 9.16. The van der Waals surface area contributed by atoms with E-state index in [1.165, 1.54) is 35.0 Å². The molecule has 3 heteroatoms. The van der Waals surface area contributed by atoms with Gasteiger partial charge in [0.2, 0.25) is 0 Å². The van der Waals surface area contributed by atoms with Gasteiger partial charge in [-0.1, -0.05) is 12.1 Å². The molecule has 2 aliphatic rings. The summed E-state index contributed by atoms with van der Waals surface area (Å²) in [5, 5.41) is 12.6. The minimum Gasteiger partial charge on any atom is -0.313 e. The highest BCUT2D eigenvalue weighted by Gasteiger charge is 2.33. The monoisotopic (exact) mass is 213 g/mol. The fraction of sp³-hybridized carbons (Fsp3) is 0.462. The maximum absolute atomic E-state index is 4.45. The Kier molecular flexibility index (Phi) is 1.68. The largest absolute Gasteiger partial charge is 0.313 e.